The van der Waals surface area contributed by atoms with E-state index in [9.17, 15) is 15.2 Å². The van der Waals surface area contributed by atoms with Gasteiger partial charge in [0.2, 0.25) is 0 Å². The summed E-state index contributed by atoms with van der Waals surface area (Å²) in [6, 6.07) is 23.6. The summed E-state index contributed by atoms with van der Waals surface area (Å²) in [5, 5.41) is 21.1. The van der Waals surface area contributed by atoms with Crippen LogP contribution in [-0.2, 0) is 0 Å². The minimum Gasteiger partial charge on any atom is -0.384 e. The minimum atomic E-state index is -0.805. The van der Waals surface area contributed by atoms with Crippen molar-refractivity contribution in [3.8, 4) is 11.1 Å². The summed E-state index contributed by atoms with van der Waals surface area (Å²) in [6.45, 7) is 0. The molecule has 3 aromatic carbocycles. The Morgan fingerprint density at radius 2 is 1.22 bits per heavy atom. The van der Waals surface area contributed by atoms with E-state index in [1.54, 1.807) is 12.1 Å². The van der Waals surface area contributed by atoms with E-state index in [2.05, 4.69) is 0 Å². The van der Waals surface area contributed by atoms with E-state index in [1.165, 1.54) is 12.1 Å². The van der Waals surface area contributed by atoms with Crippen LogP contribution in [0.5, 0.6) is 0 Å². The Bertz CT molecular complexity index is 796. The van der Waals surface area contributed by atoms with Gasteiger partial charge in [0.05, 0.1) is 4.92 Å². The monoisotopic (exact) mass is 305 g/mol. The number of non-ortho nitro benzene ring substituents is 1. The number of hydrogen-bond donors (Lipinski definition) is 1. The molecule has 0 saturated heterocycles. The van der Waals surface area contributed by atoms with Crippen LogP contribution in [0.15, 0.2) is 78.9 Å². The number of hydrogen-bond acceptors (Lipinski definition) is 3. The van der Waals surface area contributed by atoms with Crippen LogP contribution in [-0.4, -0.2) is 10.0 Å². The maximum atomic E-state index is 10.7. The van der Waals surface area contributed by atoms with Gasteiger partial charge in [-0.25, -0.2) is 0 Å². The van der Waals surface area contributed by atoms with Crippen molar-refractivity contribution in [1.29, 1.82) is 0 Å². The van der Waals surface area contributed by atoms with Crippen molar-refractivity contribution in [2.45, 2.75) is 6.10 Å². The lowest BCUT2D eigenvalue weighted by Crippen LogP contribution is -1.99. The highest BCUT2D eigenvalue weighted by atomic mass is 16.6. The van der Waals surface area contributed by atoms with Gasteiger partial charge in [0.25, 0.3) is 5.69 Å². The average Bonchev–Trinajstić information content (AvgIpc) is 2.62. The van der Waals surface area contributed by atoms with E-state index < -0.39 is 11.0 Å². The lowest BCUT2D eigenvalue weighted by atomic mass is 9.98. The van der Waals surface area contributed by atoms with Crippen molar-refractivity contribution in [3.05, 3.63) is 100 Å². The van der Waals surface area contributed by atoms with Gasteiger partial charge in [-0.05, 0) is 34.4 Å². The van der Waals surface area contributed by atoms with Crippen molar-refractivity contribution in [3.63, 3.8) is 0 Å². The normalized spacial score (nSPS) is 11.9. The van der Waals surface area contributed by atoms with Crippen LogP contribution >= 0.6 is 0 Å². The molecule has 0 saturated carbocycles. The summed E-state index contributed by atoms with van der Waals surface area (Å²) in [7, 11) is 0. The van der Waals surface area contributed by atoms with Crippen molar-refractivity contribution in [1.82, 2.24) is 0 Å². The summed E-state index contributed by atoms with van der Waals surface area (Å²) in [4.78, 5) is 10.2. The maximum absolute atomic E-state index is 10.7. The van der Waals surface area contributed by atoms with Gasteiger partial charge in [-0.1, -0.05) is 54.6 Å². The van der Waals surface area contributed by atoms with E-state index in [0.29, 0.717) is 5.56 Å². The zero-order valence-electron chi connectivity index (χ0n) is 12.3. The number of aliphatic hydroxyl groups is 1. The molecule has 0 radical (unpaired) electrons. The quantitative estimate of drug-likeness (QED) is 0.576. The third-order valence-corrected chi connectivity index (χ3v) is 3.75. The van der Waals surface area contributed by atoms with Crippen molar-refractivity contribution < 1.29 is 10.0 Å². The molecule has 0 fully saturated rings. The summed E-state index contributed by atoms with van der Waals surface area (Å²) in [5.74, 6) is 0. The first-order valence-electron chi connectivity index (χ1n) is 7.23. The molecule has 4 nitrogen and oxygen atoms in total. The number of nitrogens with zero attached hydrogens (tertiary/aromatic N) is 1. The van der Waals surface area contributed by atoms with Crippen LogP contribution in [0.1, 0.15) is 17.2 Å². The second kappa shape index (κ2) is 6.42. The third-order valence-electron chi connectivity index (χ3n) is 3.75. The van der Waals surface area contributed by atoms with E-state index in [0.717, 1.165) is 16.7 Å². The average molecular weight is 305 g/mol. The van der Waals surface area contributed by atoms with Gasteiger partial charge < -0.3 is 5.11 Å². The fourth-order valence-corrected chi connectivity index (χ4v) is 2.46. The predicted octanol–water partition coefficient (Wildman–Crippen LogP) is 4.34. The number of nitro groups is 1. The van der Waals surface area contributed by atoms with Gasteiger partial charge in [0, 0.05) is 12.1 Å². The predicted molar refractivity (Wildman–Crippen MR) is 89.0 cm³/mol. The van der Waals surface area contributed by atoms with Gasteiger partial charge in [-0.15, -0.1) is 0 Å². The molecule has 114 valence electrons. The first-order chi connectivity index (χ1) is 11.1. The lowest BCUT2D eigenvalue weighted by molar-refractivity contribution is -0.384. The second-order valence-electron chi connectivity index (χ2n) is 5.24. The molecule has 0 aromatic heterocycles. The first-order valence-corrected chi connectivity index (χ1v) is 7.23. The fourth-order valence-electron chi connectivity index (χ4n) is 2.46. The van der Waals surface area contributed by atoms with Crippen LogP contribution in [0.25, 0.3) is 11.1 Å². The Morgan fingerprint density at radius 1 is 0.739 bits per heavy atom. The molecule has 0 spiro atoms. The maximum Gasteiger partial charge on any atom is 0.269 e. The molecule has 4 heteroatoms. The molecule has 3 rings (SSSR count). The molecule has 0 amide bonds. The van der Waals surface area contributed by atoms with Crippen LogP contribution in [0.4, 0.5) is 5.69 Å². The number of aliphatic hydroxyl groups excluding tert-OH is 1. The van der Waals surface area contributed by atoms with Gasteiger partial charge in [0.15, 0.2) is 0 Å². The Balaban J connectivity index is 1.82. The highest BCUT2D eigenvalue weighted by Crippen LogP contribution is 2.26. The smallest absolute Gasteiger partial charge is 0.269 e. The molecule has 0 bridgehead atoms. The molecular formula is C19H15NO3. The highest BCUT2D eigenvalue weighted by molar-refractivity contribution is 5.63. The standard InChI is InChI=1S/C19H15NO3/c21-19(17-10-12-18(13-11-17)20(22)23)16-8-6-15(7-9-16)14-4-2-1-3-5-14/h1-13,19,21H/t19-/m1/s1. The summed E-state index contributed by atoms with van der Waals surface area (Å²) < 4.78 is 0. The Hall–Kier alpha value is -2.98. The van der Waals surface area contributed by atoms with Gasteiger partial charge in [0.1, 0.15) is 6.10 Å². The van der Waals surface area contributed by atoms with Crippen LogP contribution in [0.3, 0.4) is 0 Å². The van der Waals surface area contributed by atoms with Crippen molar-refractivity contribution in [2.24, 2.45) is 0 Å². The van der Waals surface area contributed by atoms with Crippen LogP contribution < -0.4 is 0 Å². The molecule has 1 atom stereocenters. The first kappa shape index (κ1) is 14.9. The molecule has 0 aliphatic carbocycles. The topological polar surface area (TPSA) is 63.4 Å². The summed E-state index contributed by atoms with van der Waals surface area (Å²) >= 11 is 0. The third kappa shape index (κ3) is 3.27. The largest absolute Gasteiger partial charge is 0.384 e. The highest BCUT2D eigenvalue weighted by Gasteiger charge is 2.12. The zero-order chi connectivity index (χ0) is 16.2. The summed E-state index contributed by atoms with van der Waals surface area (Å²) in [5.41, 5.74) is 3.58. The van der Waals surface area contributed by atoms with E-state index in [1.807, 2.05) is 54.6 Å². The molecule has 3 aromatic rings. The van der Waals surface area contributed by atoms with Gasteiger partial charge >= 0.3 is 0 Å². The molecule has 0 unspecified atom stereocenters. The van der Waals surface area contributed by atoms with Gasteiger partial charge in [-0.3, -0.25) is 10.1 Å². The fraction of sp³-hybridized carbons (Fsp3) is 0.0526. The van der Waals surface area contributed by atoms with Crippen LogP contribution in [0.2, 0.25) is 0 Å². The van der Waals surface area contributed by atoms with Crippen molar-refractivity contribution >= 4 is 5.69 Å². The second-order valence-corrected chi connectivity index (χ2v) is 5.24. The summed E-state index contributed by atoms with van der Waals surface area (Å²) in [6.07, 6.45) is -0.805. The Kier molecular flexibility index (Phi) is 4.17. The van der Waals surface area contributed by atoms with Gasteiger partial charge in [-0.2, -0.15) is 0 Å². The van der Waals surface area contributed by atoms with Crippen LogP contribution in [0, 0.1) is 10.1 Å². The molecule has 0 heterocycles. The number of nitro benzene ring substituents is 1. The zero-order valence-corrected chi connectivity index (χ0v) is 12.3. The minimum absolute atomic E-state index is 0.0142. The Morgan fingerprint density at radius 3 is 1.74 bits per heavy atom. The molecule has 0 aliphatic rings. The molecule has 0 aliphatic heterocycles. The number of benzene rings is 3. The van der Waals surface area contributed by atoms with E-state index in [-0.39, 0.29) is 5.69 Å². The van der Waals surface area contributed by atoms with E-state index in [4.69, 9.17) is 0 Å². The molecule has 1 N–H and O–H groups in total. The lowest BCUT2D eigenvalue weighted by Gasteiger charge is -2.12. The van der Waals surface area contributed by atoms with E-state index >= 15 is 0 Å². The Labute approximate surface area is 133 Å². The molecular weight excluding hydrogens is 290 g/mol. The van der Waals surface area contributed by atoms with Crippen molar-refractivity contribution in [2.75, 3.05) is 0 Å². The molecule has 23 heavy (non-hydrogen) atoms. The SMILES string of the molecule is O=[N+]([O-])c1ccc([C@H](O)c2ccc(-c3ccccc3)cc2)cc1. The number of rotatable bonds is 4.